The molecule has 0 aromatic heterocycles. The largest absolute Gasteiger partial charge is 0.504 e. The van der Waals surface area contributed by atoms with E-state index >= 15 is 0 Å². The lowest BCUT2D eigenvalue weighted by Gasteiger charge is -2.41. The zero-order chi connectivity index (χ0) is 17.1. The number of aromatic hydroxyl groups is 2. The van der Waals surface area contributed by atoms with Crippen molar-refractivity contribution in [2.24, 2.45) is 5.92 Å². The molecule has 3 rings (SSSR count). The molecular formula is C16H23N3O5. The predicted octanol–water partition coefficient (Wildman–Crippen LogP) is 1.38. The summed E-state index contributed by atoms with van der Waals surface area (Å²) in [6.45, 7) is 4.78. The van der Waals surface area contributed by atoms with Crippen molar-refractivity contribution in [2.45, 2.75) is 18.9 Å². The van der Waals surface area contributed by atoms with Crippen LogP contribution in [-0.2, 0) is 4.74 Å². The molecule has 1 aromatic rings. The number of ether oxygens (including phenoxy) is 1. The second-order valence-corrected chi connectivity index (χ2v) is 6.35. The smallest absolute Gasteiger partial charge is 0.314 e. The molecule has 132 valence electrons. The molecule has 0 bridgehead atoms. The number of hydrogen-bond donors (Lipinski definition) is 3. The fourth-order valence-electron chi connectivity index (χ4n) is 3.71. The second kappa shape index (κ2) is 7.33. The fraction of sp³-hybridized carbons (Fsp3) is 0.625. The molecule has 2 aliphatic heterocycles. The number of nitro benzene ring substituents is 1. The van der Waals surface area contributed by atoms with Crippen molar-refractivity contribution in [3.63, 3.8) is 0 Å². The van der Waals surface area contributed by atoms with Crippen LogP contribution in [0.2, 0.25) is 0 Å². The third kappa shape index (κ3) is 3.45. The van der Waals surface area contributed by atoms with Crippen LogP contribution in [0.3, 0.4) is 0 Å². The highest BCUT2D eigenvalue weighted by Gasteiger charge is 2.33. The summed E-state index contributed by atoms with van der Waals surface area (Å²) in [5, 5.41) is 34.2. The summed E-state index contributed by atoms with van der Waals surface area (Å²) < 4.78 is 5.45. The van der Waals surface area contributed by atoms with E-state index in [9.17, 15) is 20.3 Å². The van der Waals surface area contributed by atoms with Gasteiger partial charge in [0.2, 0.25) is 5.75 Å². The van der Waals surface area contributed by atoms with Gasteiger partial charge in [-0.25, -0.2) is 0 Å². The Hall–Kier alpha value is -1.90. The topological polar surface area (TPSA) is 108 Å². The van der Waals surface area contributed by atoms with Crippen LogP contribution in [-0.4, -0.2) is 59.4 Å². The number of hydrogen-bond acceptors (Lipinski definition) is 7. The summed E-state index contributed by atoms with van der Waals surface area (Å²) in [5.41, 5.74) is 0.239. The van der Waals surface area contributed by atoms with Crippen molar-refractivity contribution in [3.8, 4) is 11.5 Å². The number of phenols is 2. The lowest BCUT2D eigenvalue weighted by molar-refractivity contribution is -0.386. The van der Waals surface area contributed by atoms with Gasteiger partial charge in [0.25, 0.3) is 0 Å². The molecule has 2 saturated heterocycles. The predicted molar refractivity (Wildman–Crippen MR) is 87.2 cm³/mol. The number of nitro groups is 1. The number of phenolic OH excluding ortho intramolecular Hbond substituents is 2. The van der Waals surface area contributed by atoms with Gasteiger partial charge in [-0.05, 0) is 30.4 Å². The van der Waals surface area contributed by atoms with E-state index < -0.39 is 22.1 Å². The van der Waals surface area contributed by atoms with Gasteiger partial charge < -0.3 is 20.3 Å². The van der Waals surface area contributed by atoms with Gasteiger partial charge in [-0.2, -0.15) is 0 Å². The standard InChI is InChI=1S/C16H23N3O5/c20-14-10-12(9-13(16(14)21)19(22)23)15(11-1-7-24-8-2-11)18-5-3-17-4-6-18/h9-11,15,17,20-21H,1-8H2/t15-/m1/s1. The second-order valence-electron chi connectivity index (χ2n) is 6.35. The Bertz CT molecular complexity index is 580. The Balaban J connectivity index is 1.99. The van der Waals surface area contributed by atoms with Crippen molar-refractivity contribution in [1.29, 1.82) is 0 Å². The first kappa shape index (κ1) is 16.9. The van der Waals surface area contributed by atoms with Gasteiger partial charge in [0, 0.05) is 51.5 Å². The van der Waals surface area contributed by atoms with E-state index in [2.05, 4.69) is 10.2 Å². The molecule has 0 radical (unpaired) electrons. The average Bonchev–Trinajstić information content (AvgIpc) is 2.60. The molecule has 8 nitrogen and oxygen atoms in total. The van der Waals surface area contributed by atoms with Crippen LogP contribution < -0.4 is 5.32 Å². The van der Waals surface area contributed by atoms with Crippen molar-refractivity contribution >= 4 is 5.69 Å². The first-order valence-corrected chi connectivity index (χ1v) is 8.30. The van der Waals surface area contributed by atoms with Gasteiger partial charge in [0.15, 0.2) is 5.75 Å². The Morgan fingerprint density at radius 1 is 1.25 bits per heavy atom. The molecule has 2 heterocycles. The first-order chi connectivity index (χ1) is 11.6. The van der Waals surface area contributed by atoms with Gasteiger partial charge in [-0.3, -0.25) is 15.0 Å². The summed E-state index contributed by atoms with van der Waals surface area (Å²) in [6.07, 6.45) is 1.76. The van der Waals surface area contributed by atoms with E-state index in [0.717, 1.165) is 39.0 Å². The normalized spacial score (nSPS) is 21.5. The molecule has 0 spiro atoms. The van der Waals surface area contributed by atoms with Crippen molar-refractivity contribution in [3.05, 3.63) is 27.8 Å². The SMILES string of the molecule is O=[N+]([O-])c1cc([C@@H](C2CCOCC2)N2CCNCC2)cc(O)c1O. The Morgan fingerprint density at radius 2 is 1.92 bits per heavy atom. The summed E-state index contributed by atoms with van der Waals surface area (Å²) in [6, 6.07) is 2.84. The van der Waals surface area contributed by atoms with Crippen LogP contribution in [0.25, 0.3) is 0 Å². The van der Waals surface area contributed by atoms with Crippen molar-refractivity contribution in [2.75, 3.05) is 39.4 Å². The van der Waals surface area contributed by atoms with Crippen LogP contribution in [0.1, 0.15) is 24.4 Å². The summed E-state index contributed by atoms with van der Waals surface area (Å²) >= 11 is 0. The van der Waals surface area contributed by atoms with Crippen LogP contribution in [0.4, 0.5) is 5.69 Å². The monoisotopic (exact) mass is 337 g/mol. The number of piperazine rings is 1. The number of nitrogens with one attached hydrogen (secondary N) is 1. The molecule has 3 N–H and O–H groups in total. The molecule has 0 unspecified atom stereocenters. The van der Waals surface area contributed by atoms with Crippen LogP contribution in [0.15, 0.2) is 12.1 Å². The van der Waals surface area contributed by atoms with Gasteiger partial charge in [-0.1, -0.05) is 0 Å². The van der Waals surface area contributed by atoms with E-state index in [0.29, 0.717) is 24.7 Å². The lowest BCUT2D eigenvalue weighted by Crippen LogP contribution is -2.47. The minimum Gasteiger partial charge on any atom is -0.504 e. The molecule has 2 aliphatic rings. The van der Waals surface area contributed by atoms with Crippen LogP contribution in [0, 0.1) is 16.0 Å². The molecule has 1 aromatic carbocycles. The molecular weight excluding hydrogens is 314 g/mol. The van der Waals surface area contributed by atoms with Crippen LogP contribution in [0.5, 0.6) is 11.5 Å². The quantitative estimate of drug-likeness (QED) is 0.433. The van der Waals surface area contributed by atoms with Gasteiger partial charge >= 0.3 is 5.69 Å². The molecule has 0 amide bonds. The maximum absolute atomic E-state index is 11.2. The molecule has 24 heavy (non-hydrogen) atoms. The number of rotatable bonds is 4. The van der Waals surface area contributed by atoms with E-state index in [4.69, 9.17) is 4.74 Å². The minimum atomic E-state index is -0.671. The van der Waals surface area contributed by atoms with Gasteiger partial charge in [-0.15, -0.1) is 0 Å². The van der Waals surface area contributed by atoms with E-state index in [-0.39, 0.29) is 6.04 Å². The van der Waals surface area contributed by atoms with E-state index in [1.54, 1.807) is 0 Å². The average molecular weight is 337 g/mol. The first-order valence-electron chi connectivity index (χ1n) is 8.30. The summed E-state index contributed by atoms with van der Waals surface area (Å²) in [7, 11) is 0. The maximum atomic E-state index is 11.2. The van der Waals surface area contributed by atoms with Crippen molar-refractivity contribution < 1.29 is 19.9 Å². The highest BCUT2D eigenvalue weighted by Crippen LogP contribution is 2.42. The third-order valence-corrected chi connectivity index (χ3v) is 4.89. The Labute approximate surface area is 140 Å². The molecule has 1 atom stereocenters. The molecule has 0 saturated carbocycles. The minimum absolute atomic E-state index is 0.0267. The highest BCUT2D eigenvalue weighted by molar-refractivity contribution is 5.57. The van der Waals surface area contributed by atoms with Gasteiger partial charge in [0.05, 0.1) is 4.92 Å². The third-order valence-electron chi connectivity index (χ3n) is 4.89. The van der Waals surface area contributed by atoms with Gasteiger partial charge in [0.1, 0.15) is 0 Å². The zero-order valence-corrected chi connectivity index (χ0v) is 13.5. The van der Waals surface area contributed by atoms with Crippen molar-refractivity contribution in [1.82, 2.24) is 10.2 Å². The fourth-order valence-corrected chi connectivity index (χ4v) is 3.71. The summed E-state index contributed by atoms with van der Waals surface area (Å²) in [4.78, 5) is 12.8. The lowest BCUT2D eigenvalue weighted by atomic mass is 9.85. The van der Waals surface area contributed by atoms with E-state index in [1.165, 1.54) is 12.1 Å². The molecule has 8 heteroatoms. The highest BCUT2D eigenvalue weighted by atomic mass is 16.6. The number of nitrogens with zero attached hydrogens (tertiary/aromatic N) is 2. The van der Waals surface area contributed by atoms with E-state index in [1.807, 2.05) is 0 Å². The maximum Gasteiger partial charge on any atom is 0.314 e. The van der Waals surface area contributed by atoms with Crippen LogP contribution >= 0.6 is 0 Å². The molecule has 0 aliphatic carbocycles. The number of benzene rings is 1. The Morgan fingerprint density at radius 3 is 2.54 bits per heavy atom. The zero-order valence-electron chi connectivity index (χ0n) is 13.5. The summed E-state index contributed by atoms with van der Waals surface area (Å²) in [5.74, 6) is -0.804. The Kier molecular flexibility index (Phi) is 5.17. The molecule has 2 fully saturated rings.